The lowest BCUT2D eigenvalue weighted by Gasteiger charge is -2.05. The van der Waals surface area contributed by atoms with E-state index in [9.17, 15) is 18.4 Å². The summed E-state index contributed by atoms with van der Waals surface area (Å²) in [6.07, 6.45) is 2.55. The van der Waals surface area contributed by atoms with Crippen molar-refractivity contribution >= 4 is 17.8 Å². The summed E-state index contributed by atoms with van der Waals surface area (Å²) in [5, 5.41) is 0. The van der Waals surface area contributed by atoms with Crippen LogP contribution < -0.4 is 4.74 Å². The second-order valence-electron chi connectivity index (χ2n) is 4.77. The number of Topliss-reactive ketones (excluding diaryl/α,β-unsaturated/α-hetero) is 1. The molecule has 0 heterocycles. The van der Waals surface area contributed by atoms with Gasteiger partial charge in [0.2, 0.25) is 0 Å². The molecule has 2 aromatic rings. The highest BCUT2D eigenvalue weighted by atomic mass is 19.1. The third-order valence-corrected chi connectivity index (χ3v) is 3.10. The molecule has 0 radical (unpaired) electrons. The Labute approximate surface area is 137 Å². The zero-order chi connectivity index (χ0) is 17.5. The largest absolute Gasteiger partial charge is 0.494 e. The second kappa shape index (κ2) is 8.01. The Hall–Kier alpha value is -3.02. The van der Waals surface area contributed by atoms with E-state index in [1.54, 1.807) is 0 Å². The topological polar surface area (TPSA) is 52.6 Å². The fourth-order valence-electron chi connectivity index (χ4n) is 1.85. The van der Waals surface area contributed by atoms with E-state index in [0.29, 0.717) is 5.56 Å². The average molecular weight is 332 g/mol. The van der Waals surface area contributed by atoms with Gasteiger partial charge in [-0.25, -0.2) is 13.6 Å². The van der Waals surface area contributed by atoms with Gasteiger partial charge in [0.25, 0.3) is 0 Å². The van der Waals surface area contributed by atoms with Crippen molar-refractivity contribution in [1.29, 1.82) is 0 Å². The molecule has 4 nitrogen and oxygen atoms in total. The zero-order valence-electron chi connectivity index (χ0n) is 12.8. The molecule has 0 aliphatic heterocycles. The van der Waals surface area contributed by atoms with Crippen molar-refractivity contribution in [3.8, 4) is 5.75 Å². The lowest BCUT2D eigenvalue weighted by atomic mass is 10.1. The van der Waals surface area contributed by atoms with Gasteiger partial charge in [-0.3, -0.25) is 4.79 Å². The van der Waals surface area contributed by atoms with E-state index in [-0.39, 0.29) is 17.1 Å². The van der Waals surface area contributed by atoms with E-state index in [1.807, 2.05) is 0 Å². The molecule has 0 bridgehead atoms. The van der Waals surface area contributed by atoms with Crippen LogP contribution >= 0.6 is 0 Å². The van der Waals surface area contributed by atoms with Crippen LogP contribution in [0.2, 0.25) is 0 Å². The number of methoxy groups -OCH3 is 1. The molecule has 0 aliphatic carbocycles. The van der Waals surface area contributed by atoms with Gasteiger partial charge in [-0.15, -0.1) is 0 Å². The number of rotatable bonds is 6. The van der Waals surface area contributed by atoms with Crippen LogP contribution in [0.1, 0.15) is 15.9 Å². The lowest BCUT2D eigenvalue weighted by Crippen LogP contribution is -2.12. The lowest BCUT2D eigenvalue weighted by molar-refractivity contribution is -0.136. The Morgan fingerprint density at radius 1 is 1.08 bits per heavy atom. The molecular weight excluding hydrogens is 318 g/mol. The van der Waals surface area contributed by atoms with E-state index in [0.717, 1.165) is 12.1 Å². The van der Waals surface area contributed by atoms with Gasteiger partial charge in [-0.2, -0.15) is 0 Å². The van der Waals surface area contributed by atoms with Crippen LogP contribution in [0.15, 0.2) is 48.5 Å². The molecule has 124 valence electrons. The van der Waals surface area contributed by atoms with Crippen LogP contribution in [0.25, 0.3) is 6.08 Å². The minimum Gasteiger partial charge on any atom is -0.494 e. The number of hydrogen-bond acceptors (Lipinski definition) is 4. The highest BCUT2D eigenvalue weighted by Crippen LogP contribution is 2.18. The van der Waals surface area contributed by atoms with Crippen LogP contribution in [-0.2, 0) is 9.53 Å². The minimum absolute atomic E-state index is 0.0192. The maximum atomic E-state index is 13.5. The highest BCUT2D eigenvalue weighted by Gasteiger charge is 2.11. The Balaban J connectivity index is 1.90. The third-order valence-electron chi connectivity index (χ3n) is 3.10. The van der Waals surface area contributed by atoms with Crippen molar-refractivity contribution in [2.75, 3.05) is 13.7 Å². The number of halogens is 2. The minimum atomic E-state index is -0.735. The van der Waals surface area contributed by atoms with Gasteiger partial charge in [-0.05, 0) is 42.0 Å². The van der Waals surface area contributed by atoms with Gasteiger partial charge < -0.3 is 9.47 Å². The van der Waals surface area contributed by atoms with E-state index >= 15 is 0 Å². The summed E-state index contributed by atoms with van der Waals surface area (Å²) < 4.78 is 35.8. The monoisotopic (exact) mass is 332 g/mol. The summed E-state index contributed by atoms with van der Waals surface area (Å²) in [4.78, 5) is 23.4. The van der Waals surface area contributed by atoms with Crippen molar-refractivity contribution in [1.82, 2.24) is 0 Å². The third kappa shape index (κ3) is 4.74. The maximum absolute atomic E-state index is 13.5. The molecular formula is C18H14F2O4. The van der Waals surface area contributed by atoms with Gasteiger partial charge in [-0.1, -0.05) is 12.1 Å². The highest BCUT2D eigenvalue weighted by molar-refractivity contribution is 5.99. The first kappa shape index (κ1) is 17.3. The van der Waals surface area contributed by atoms with Crippen LogP contribution in [0.3, 0.4) is 0 Å². The summed E-state index contributed by atoms with van der Waals surface area (Å²) in [5.41, 5.74) is 0.681. The van der Waals surface area contributed by atoms with Gasteiger partial charge in [0, 0.05) is 11.6 Å². The molecule has 0 N–H and O–H groups in total. The van der Waals surface area contributed by atoms with Crippen molar-refractivity contribution in [2.45, 2.75) is 0 Å². The number of ketones is 1. The molecule has 0 atom stereocenters. The molecule has 0 amide bonds. The maximum Gasteiger partial charge on any atom is 0.331 e. The Kier molecular flexibility index (Phi) is 5.78. The summed E-state index contributed by atoms with van der Waals surface area (Å²) >= 11 is 0. The SMILES string of the molecule is COc1ccc(C(=O)COC(=O)/C=C/c2ccc(F)cc2)cc1F. The molecule has 0 spiro atoms. The van der Waals surface area contributed by atoms with Crippen LogP contribution in [0.4, 0.5) is 8.78 Å². The molecule has 0 saturated heterocycles. The van der Waals surface area contributed by atoms with Crippen molar-refractivity contribution in [2.24, 2.45) is 0 Å². The first-order valence-corrected chi connectivity index (χ1v) is 6.97. The molecule has 2 aromatic carbocycles. The first-order valence-electron chi connectivity index (χ1n) is 6.97. The molecule has 6 heteroatoms. The van der Waals surface area contributed by atoms with Gasteiger partial charge in [0.15, 0.2) is 24.0 Å². The summed E-state index contributed by atoms with van der Waals surface area (Å²) in [6.45, 7) is -0.516. The molecule has 0 aromatic heterocycles. The van der Waals surface area contributed by atoms with E-state index in [1.165, 1.54) is 49.6 Å². The zero-order valence-corrected chi connectivity index (χ0v) is 12.8. The Morgan fingerprint density at radius 2 is 1.79 bits per heavy atom. The predicted octanol–water partition coefficient (Wildman–Crippen LogP) is 3.41. The van der Waals surface area contributed by atoms with Crippen LogP contribution in [-0.4, -0.2) is 25.5 Å². The predicted molar refractivity (Wildman–Crippen MR) is 83.7 cm³/mol. The number of carbonyl (C=O) groups excluding carboxylic acids is 2. The number of ether oxygens (including phenoxy) is 2. The second-order valence-corrected chi connectivity index (χ2v) is 4.77. The summed E-state index contributed by atoms with van der Waals surface area (Å²) in [5.74, 6) is -2.31. The first-order chi connectivity index (χ1) is 11.5. The van der Waals surface area contributed by atoms with E-state index in [2.05, 4.69) is 0 Å². The molecule has 24 heavy (non-hydrogen) atoms. The quantitative estimate of drug-likeness (QED) is 0.462. The van der Waals surface area contributed by atoms with Gasteiger partial charge >= 0.3 is 5.97 Å². The normalized spacial score (nSPS) is 10.6. The number of benzene rings is 2. The summed E-state index contributed by atoms with van der Waals surface area (Å²) in [6, 6.07) is 9.21. The van der Waals surface area contributed by atoms with Crippen molar-refractivity contribution < 1.29 is 27.8 Å². The molecule has 0 aliphatic rings. The fourth-order valence-corrected chi connectivity index (χ4v) is 1.85. The average Bonchev–Trinajstić information content (AvgIpc) is 2.59. The van der Waals surface area contributed by atoms with Crippen LogP contribution in [0, 0.1) is 11.6 Å². The number of carbonyl (C=O) groups is 2. The molecule has 0 fully saturated rings. The van der Waals surface area contributed by atoms with E-state index in [4.69, 9.17) is 9.47 Å². The smallest absolute Gasteiger partial charge is 0.331 e. The van der Waals surface area contributed by atoms with Gasteiger partial charge in [0.05, 0.1) is 7.11 Å². The Morgan fingerprint density at radius 3 is 2.42 bits per heavy atom. The van der Waals surface area contributed by atoms with E-state index < -0.39 is 24.2 Å². The van der Waals surface area contributed by atoms with Crippen molar-refractivity contribution in [3.05, 3.63) is 71.3 Å². The Bertz CT molecular complexity index is 767. The number of hydrogen-bond donors (Lipinski definition) is 0. The van der Waals surface area contributed by atoms with Gasteiger partial charge in [0.1, 0.15) is 5.82 Å². The molecule has 2 rings (SSSR count). The molecule has 0 unspecified atom stereocenters. The number of esters is 1. The summed E-state index contributed by atoms with van der Waals surface area (Å²) in [7, 11) is 1.31. The van der Waals surface area contributed by atoms with Crippen molar-refractivity contribution in [3.63, 3.8) is 0 Å². The standard InChI is InChI=1S/C18H14F2O4/c1-23-17-8-5-13(10-15(17)20)16(21)11-24-18(22)9-4-12-2-6-14(19)7-3-12/h2-10H,11H2,1H3/b9-4+. The molecule has 0 saturated carbocycles. The fraction of sp³-hybridized carbons (Fsp3) is 0.111. The van der Waals surface area contributed by atoms with Crippen LogP contribution in [0.5, 0.6) is 5.75 Å².